The minimum Gasteiger partial charge on any atom is -0.314 e. The number of piperazine rings is 1. The van der Waals surface area contributed by atoms with Gasteiger partial charge in [-0.25, -0.2) is 4.39 Å². The van der Waals surface area contributed by atoms with Crippen LogP contribution in [0.25, 0.3) is 0 Å². The van der Waals surface area contributed by atoms with Crippen LogP contribution in [0.4, 0.5) is 17.6 Å². The summed E-state index contributed by atoms with van der Waals surface area (Å²) in [7, 11) is 0. The molecule has 130 valence electrons. The van der Waals surface area contributed by atoms with Gasteiger partial charge in [-0.1, -0.05) is 18.9 Å². The smallest absolute Gasteiger partial charge is 0.314 e. The zero-order valence-electron chi connectivity index (χ0n) is 12.7. The van der Waals surface area contributed by atoms with Crippen molar-refractivity contribution >= 4 is 12.4 Å². The van der Waals surface area contributed by atoms with Crippen LogP contribution in [0.15, 0.2) is 18.2 Å². The average Bonchev–Trinajstić information content (AvgIpc) is 3.29. The number of halogens is 5. The summed E-state index contributed by atoms with van der Waals surface area (Å²) in [6.07, 6.45) is -1.61. The second kappa shape index (κ2) is 7.36. The Balaban J connectivity index is 0.00000192. The SMILES string of the molecule is Cl.Fc1ccc([C@@H](CC2CC2)N2CCNCC2)c(C(F)(F)F)c1. The molecular weight excluding hydrogens is 332 g/mol. The van der Waals surface area contributed by atoms with Crippen molar-refractivity contribution in [2.45, 2.75) is 31.5 Å². The lowest BCUT2D eigenvalue weighted by molar-refractivity contribution is -0.139. The summed E-state index contributed by atoms with van der Waals surface area (Å²) in [5.41, 5.74) is -0.598. The maximum Gasteiger partial charge on any atom is 0.416 e. The molecule has 1 aromatic carbocycles. The molecule has 0 unspecified atom stereocenters. The lowest BCUT2D eigenvalue weighted by Gasteiger charge is -2.36. The molecule has 2 fully saturated rings. The summed E-state index contributed by atoms with van der Waals surface area (Å²) in [5, 5.41) is 3.22. The molecule has 0 aromatic heterocycles. The fraction of sp³-hybridized carbons (Fsp3) is 0.625. The van der Waals surface area contributed by atoms with E-state index in [2.05, 4.69) is 10.2 Å². The van der Waals surface area contributed by atoms with Gasteiger partial charge in [0.15, 0.2) is 0 Å². The largest absolute Gasteiger partial charge is 0.416 e. The molecule has 0 spiro atoms. The van der Waals surface area contributed by atoms with Crippen molar-refractivity contribution in [2.24, 2.45) is 5.92 Å². The normalized spacial score (nSPS) is 20.9. The first-order chi connectivity index (χ1) is 10.4. The van der Waals surface area contributed by atoms with Crippen LogP contribution >= 0.6 is 12.4 Å². The van der Waals surface area contributed by atoms with Gasteiger partial charge in [-0.05, 0) is 30.0 Å². The first-order valence-electron chi connectivity index (χ1n) is 7.76. The third kappa shape index (κ3) is 4.58. The zero-order chi connectivity index (χ0) is 15.7. The first kappa shape index (κ1) is 18.5. The summed E-state index contributed by atoms with van der Waals surface area (Å²) < 4.78 is 53.3. The molecule has 2 nitrogen and oxygen atoms in total. The van der Waals surface area contributed by atoms with E-state index in [0.717, 1.165) is 51.5 Å². The highest BCUT2D eigenvalue weighted by Gasteiger charge is 2.39. The highest BCUT2D eigenvalue weighted by atomic mass is 35.5. The van der Waals surface area contributed by atoms with E-state index >= 15 is 0 Å². The van der Waals surface area contributed by atoms with Crippen molar-refractivity contribution in [3.05, 3.63) is 35.1 Å². The molecule has 0 radical (unpaired) electrons. The van der Waals surface area contributed by atoms with E-state index in [-0.39, 0.29) is 24.0 Å². The second-order valence-corrected chi connectivity index (χ2v) is 6.21. The summed E-state index contributed by atoms with van der Waals surface area (Å²) >= 11 is 0. The lowest BCUT2D eigenvalue weighted by Crippen LogP contribution is -2.45. The monoisotopic (exact) mass is 352 g/mol. The van der Waals surface area contributed by atoms with Crippen LogP contribution in [0.3, 0.4) is 0 Å². The number of benzene rings is 1. The molecule has 1 aliphatic heterocycles. The van der Waals surface area contributed by atoms with E-state index in [1.165, 1.54) is 6.07 Å². The Kier molecular flexibility index (Phi) is 5.92. The molecule has 1 aromatic rings. The summed E-state index contributed by atoms with van der Waals surface area (Å²) in [4.78, 5) is 2.11. The van der Waals surface area contributed by atoms with Crippen molar-refractivity contribution in [1.29, 1.82) is 0 Å². The fourth-order valence-corrected chi connectivity index (χ4v) is 3.20. The Morgan fingerprint density at radius 2 is 1.83 bits per heavy atom. The number of rotatable bonds is 4. The molecule has 1 heterocycles. The lowest BCUT2D eigenvalue weighted by atomic mass is 9.93. The molecular formula is C16H21ClF4N2. The third-order valence-corrected chi connectivity index (χ3v) is 4.53. The highest BCUT2D eigenvalue weighted by molar-refractivity contribution is 5.85. The van der Waals surface area contributed by atoms with Crippen LogP contribution in [0, 0.1) is 11.7 Å². The number of alkyl halides is 3. The standard InChI is InChI=1S/C16H20F4N2.ClH/c17-12-3-4-13(14(10-12)16(18,19)20)15(9-11-1-2-11)22-7-5-21-6-8-22;/h3-4,10-11,15,21H,1-2,5-9H2;1H/t15-;/m1./s1. The van der Waals surface area contributed by atoms with E-state index in [0.29, 0.717) is 12.0 Å². The molecule has 0 bridgehead atoms. The topological polar surface area (TPSA) is 15.3 Å². The molecule has 1 saturated carbocycles. The quantitative estimate of drug-likeness (QED) is 0.824. The Hall–Kier alpha value is -0.850. The average molecular weight is 353 g/mol. The molecule has 2 aliphatic rings. The molecule has 1 aliphatic carbocycles. The Bertz CT molecular complexity index is 525. The molecule has 1 N–H and O–H groups in total. The minimum atomic E-state index is -4.52. The van der Waals surface area contributed by atoms with Gasteiger partial charge >= 0.3 is 6.18 Å². The van der Waals surface area contributed by atoms with E-state index in [4.69, 9.17) is 0 Å². The van der Waals surface area contributed by atoms with E-state index in [1.807, 2.05) is 0 Å². The number of nitrogens with one attached hydrogen (secondary N) is 1. The summed E-state index contributed by atoms with van der Waals surface area (Å²) in [5.74, 6) is -0.326. The predicted octanol–water partition coefficient (Wildman–Crippen LogP) is 4.01. The predicted molar refractivity (Wildman–Crippen MR) is 83.2 cm³/mol. The Labute approximate surface area is 139 Å². The number of nitrogens with zero attached hydrogens (tertiary/aromatic N) is 1. The van der Waals surface area contributed by atoms with Crippen LogP contribution in [0.2, 0.25) is 0 Å². The van der Waals surface area contributed by atoms with Crippen molar-refractivity contribution < 1.29 is 17.6 Å². The van der Waals surface area contributed by atoms with Crippen LogP contribution in [0.5, 0.6) is 0 Å². The molecule has 1 atom stereocenters. The van der Waals surface area contributed by atoms with Crippen LogP contribution in [-0.4, -0.2) is 31.1 Å². The molecule has 1 saturated heterocycles. The molecule has 3 rings (SSSR count). The fourth-order valence-electron chi connectivity index (χ4n) is 3.20. The van der Waals surface area contributed by atoms with E-state index in [9.17, 15) is 17.6 Å². The third-order valence-electron chi connectivity index (χ3n) is 4.53. The molecule has 0 amide bonds. The first-order valence-corrected chi connectivity index (χ1v) is 7.76. The van der Waals surface area contributed by atoms with Crippen LogP contribution < -0.4 is 5.32 Å². The van der Waals surface area contributed by atoms with Gasteiger partial charge in [0.2, 0.25) is 0 Å². The van der Waals surface area contributed by atoms with Crippen LogP contribution in [0.1, 0.15) is 36.4 Å². The van der Waals surface area contributed by atoms with Crippen molar-refractivity contribution in [3.63, 3.8) is 0 Å². The van der Waals surface area contributed by atoms with Gasteiger partial charge in [-0.15, -0.1) is 12.4 Å². The summed E-state index contributed by atoms with van der Waals surface area (Å²) in [6, 6.07) is 2.84. The maximum atomic E-state index is 13.3. The maximum absolute atomic E-state index is 13.3. The van der Waals surface area contributed by atoms with Gasteiger partial charge in [0, 0.05) is 32.2 Å². The highest BCUT2D eigenvalue weighted by Crippen LogP contribution is 2.43. The Morgan fingerprint density at radius 1 is 1.17 bits per heavy atom. The van der Waals surface area contributed by atoms with Crippen molar-refractivity contribution in [2.75, 3.05) is 26.2 Å². The Morgan fingerprint density at radius 3 is 2.39 bits per heavy atom. The van der Waals surface area contributed by atoms with Gasteiger partial charge in [0.25, 0.3) is 0 Å². The van der Waals surface area contributed by atoms with E-state index in [1.54, 1.807) is 0 Å². The second-order valence-electron chi connectivity index (χ2n) is 6.21. The number of hydrogen-bond donors (Lipinski definition) is 1. The number of hydrogen-bond acceptors (Lipinski definition) is 2. The minimum absolute atomic E-state index is 0. The van der Waals surface area contributed by atoms with Crippen molar-refractivity contribution in [3.8, 4) is 0 Å². The zero-order valence-corrected chi connectivity index (χ0v) is 13.5. The molecule has 23 heavy (non-hydrogen) atoms. The van der Waals surface area contributed by atoms with Gasteiger partial charge in [-0.3, -0.25) is 4.90 Å². The van der Waals surface area contributed by atoms with Gasteiger partial charge in [-0.2, -0.15) is 13.2 Å². The van der Waals surface area contributed by atoms with Gasteiger partial charge in [0.05, 0.1) is 5.56 Å². The molecule has 7 heteroatoms. The van der Waals surface area contributed by atoms with Crippen molar-refractivity contribution in [1.82, 2.24) is 10.2 Å². The van der Waals surface area contributed by atoms with E-state index < -0.39 is 17.6 Å². The van der Waals surface area contributed by atoms with Gasteiger partial charge < -0.3 is 5.32 Å². The van der Waals surface area contributed by atoms with Gasteiger partial charge in [0.1, 0.15) is 5.82 Å². The summed E-state index contributed by atoms with van der Waals surface area (Å²) in [6.45, 7) is 3.02. The van der Waals surface area contributed by atoms with Crippen LogP contribution in [-0.2, 0) is 6.18 Å².